The molecule has 0 atom stereocenters. The van der Waals surface area contributed by atoms with Gasteiger partial charge in [-0.05, 0) is 31.7 Å². The number of piperidine rings is 1. The van der Waals surface area contributed by atoms with Crippen molar-refractivity contribution in [2.24, 2.45) is 0 Å². The van der Waals surface area contributed by atoms with E-state index in [1.807, 2.05) is 6.20 Å². The predicted octanol–water partition coefficient (Wildman–Crippen LogP) is 1.85. The Balaban J connectivity index is 1.69. The average molecular weight is 272 g/mol. The Morgan fingerprint density at radius 1 is 1.30 bits per heavy atom. The molecule has 1 fully saturated rings. The molecular formula is C14H20N6. The largest absolute Gasteiger partial charge is 0.341 e. The van der Waals surface area contributed by atoms with Crippen LogP contribution in [0.4, 0.5) is 5.95 Å². The molecule has 3 rings (SSSR count). The van der Waals surface area contributed by atoms with Crippen molar-refractivity contribution in [1.29, 1.82) is 0 Å². The molecule has 1 aliphatic rings. The minimum absolute atomic E-state index is 0.477. The van der Waals surface area contributed by atoms with Crippen LogP contribution in [0.15, 0.2) is 12.5 Å². The number of hydrogen-bond donors (Lipinski definition) is 1. The molecule has 0 unspecified atom stereocenters. The van der Waals surface area contributed by atoms with Gasteiger partial charge in [0.1, 0.15) is 12.2 Å². The van der Waals surface area contributed by atoms with Crippen molar-refractivity contribution in [2.75, 3.05) is 18.0 Å². The molecule has 6 heteroatoms. The SMILES string of the molecule is CCc1nc(N2CCC(c3ncn[nH]3)CC2)ncc1C. The zero-order valence-corrected chi connectivity index (χ0v) is 12.0. The number of nitrogens with one attached hydrogen (secondary N) is 1. The zero-order valence-electron chi connectivity index (χ0n) is 12.0. The summed E-state index contributed by atoms with van der Waals surface area (Å²) in [4.78, 5) is 15.7. The summed E-state index contributed by atoms with van der Waals surface area (Å²) < 4.78 is 0. The molecule has 0 bridgehead atoms. The van der Waals surface area contributed by atoms with Crippen LogP contribution in [0.2, 0.25) is 0 Å². The molecule has 1 aliphatic heterocycles. The minimum atomic E-state index is 0.477. The molecule has 0 aromatic carbocycles. The third-order valence-corrected chi connectivity index (χ3v) is 4.00. The maximum Gasteiger partial charge on any atom is 0.225 e. The molecule has 20 heavy (non-hydrogen) atoms. The number of nitrogens with zero attached hydrogens (tertiary/aromatic N) is 5. The first-order valence-corrected chi connectivity index (χ1v) is 7.20. The van der Waals surface area contributed by atoms with Gasteiger partial charge in [0.2, 0.25) is 5.95 Å². The van der Waals surface area contributed by atoms with Crippen molar-refractivity contribution < 1.29 is 0 Å². The van der Waals surface area contributed by atoms with E-state index in [0.717, 1.165) is 49.8 Å². The lowest BCUT2D eigenvalue weighted by atomic mass is 9.96. The van der Waals surface area contributed by atoms with Gasteiger partial charge in [0.25, 0.3) is 0 Å². The van der Waals surface area contributed by atoms with E-state index in [1.165, 1.54) is 5.56 Å². The van der Waals surface area contributed by atoms with E-state index in [4.69, 9.17) is 0 Å². The first-order valence-electron chi connectivity index (χ1n) is 7.20. The topological polar surface area (TPSA) is 70.6 Å². The predicted molar refractivity (Wildman–Crippen MR) is 76.7 cm³/mol. The van der Waals surface area contributed by atoms with Crippen molar-refractivity contribution in [3.05, 3.63) is 29.6 Å². The Hall–Kier alpha value is -1.98. The van der Waals surface area contributed by atoms with Gasteiger partial charge in [0, 0.05) is 30.9 Å². The number of aromatic amines is 1. The van der Waals surface area contributed by atoms with Crippen molar-refractivity contribution in [1.82, 2.24) is 25.1 Å². The molecule has 0 radical (unpaired) electrons. The summed E-state index contributed by atoms with van der Waals surface area (Å²) in [6.07, 6.45) is 6.60. The number of rotatable bonds is 3. The highest BCUT2D eigenvalue weighted by molar-refractivity contribution is 5.34. The highest BCUT2D eigenvalue weighted by Crippen LogP contribution is 2.27. The summed E-state index contributed by atoms with van der Waals surface area (Å²) in [5.41, 5.74) is 2.32. The van der Waals surface area contributed by atoms with Crippen LogP contribution in [0.1, 0.15) is 42.8 Å². The number of H-pyrrole nitrogens is 1. The maximum absolute atomic E-state index is 4.68. The Labute approximate surface area is 118 Å². The van der Waals surface area contributed by atoms with Gasteiger partial charge in [-0.25, -0.2) is 15.0 Å². The van der Waals surface area contributed by atoms with E-state index in [1.54, 1.807) is 6.33 Å². The molecule has 0 aliphatic carbocycles. The highest BCUT2D eigenvalue weighted by Gasteiger charge is 2.24. The van der Waals surface area contributed by atoms with E-state index in [2.05, 4.69) is 43.9 Å². The number of anilines is 1. The van der Waals surface area contributed by atoms with Crippen LogP contribution in [0.3, 0.4) is 0 Å². The fourth-order valence-corrected chi connectivity index (χ4v) is 2.74. The van der Waals surface area contributed by atoms with Crippen molar-refractivity contribution >= 4 is 5.95 Å². The fourth-order valence-electron chi connectivity index (χ4n) is 2.74. The quantitative estimate of drug-likeness (QED) is 0.923. The van der Waals surface area contributed by atoms with Gasteiger partial charge >= 0.3 is 0 Å². The summed E-state index contributed by atoms with van der Waals surface area (Å²) in [5, 5.41) is 6.91. The summed E-state index contributed by atoms with van der Waals surface area (Å²) in [6.45, 7) is 6.14. The maximum atomic E-state index is 4.68. The van der Waals surface area contributed by atoms with E-state index < -0.39 is 0 Å². The van der Waals surface area contributed by atoms with Crippen LogP contribution in [-0.4, -0.2) is 38.2 Å². The zero-order chi connectivity index (χ0) is 13.9. The first-order chi connectivity index (χ1) is 9.78. The van der Waals surface area contributed by atoms with Gasteiger partial charge in [0.15, 0.2) is 0 Å². The van der Waals surface area contributed by atoms with Gasteiger partial charge < -0.3 is 4.90 Å². The Kier molecular flexibility index (Phi) is 3.62. The highest BCUT2D eigenvalue weighted by atomic mass is 15.3. The van der Waals surface area contributed by atoms with Crippen molar-refractivity contribution in [3.8, 4) is 0 Å². The Morgan fingerprint density at radius 3 is 2.75 bits per heavy atom. The number of aromatic nitrogens is 5. The molecule has 3 heterocycles. The number of aryl methyl sites for hydroxylation is 2. The second-order valence-electron chi connectivity index (χ2n) is 5.29. The standard InChI is InChI=1S/C14H20N6/c1-3-12-10(2)8-15-14(18-12)20-6-4-11(5-7-20)13-16-9-17-19-13/h8-9,11H,3-7H2,1-2H3,(H,16,17,19). The normalized spacial score (nSPS) is 16.6. The fraction of sp³-hybridized carbons (Fsp3) is 0.571. The van der Waals surface area contributed by atoms with Crippen LogP contribution in [-0.2, 0) is 6.42 Å². The van der Waals surface area contributed by atoms with E-state index in [0.29, 0.717) is 5.92 Å². The van der Waals surface area contributed by atoms with Gasteiger partial charge in [0.05, 0.1) is 0 Å². The summed E-state index contributed by atoms with van der Waals surface area (Å²) >= 11 is 0. The summed E-state index contributed by atoms with van der Waals surface area (Å²) in [7, 11) is 0. The Morgan fingerprint density at radius 2 is 2.10 bits per heavy atom. The second kappa shape index (κ2) is 5.56. The lowest BCUT2D eigenvalue weighted by molar-refractivity contribution is 0.481. The third kappa shape index (κ3) is 2.50. The van der Waals surface area contributed by atoms with E-state index in [9.17, 15) is 0 Å². The Bertz CT molecular complexity index is 557. The van der Waals surface area contributed by atoms with Crippen LogP contribution in [0.25, 0.3) is 0 Å². The van der Waals surface area contributed by atoms with Crippen molar-refractivity contribution in [3.63, 3.8) is 0 Å². The number of hydrogen-bond acceptors (Lipinski definition) is 5. The molecule has 1 N–H and O–H groups in total. The van der Waals surface area contributed by atoms with Crippen LogP contribution in [0, 0.1) is 6.92 Å². The van der Waals surface area contributed by atoms with Gasteiger partial charge in [-0.2, -0.15) is 5.10 Å². The molecule has 0 amide bonds. The van der Waals surface area contributed by atoms with Crippen LogP contribution >= 0.6 is 0 Å². The molecule has 6 nitrogen and oxygen atoms in total. The first kappa shape index (κ1) is 13.0. The van der Waals surface area contributed by atoms with Gasteiger partial charge in [-0.1, -0.05) is 6.92 Å². The van der Waals surface area contributed by atoms with Crippen molar-refractivity contribution in [2.45, 2.75) is 39.0 Å². The average Bonchev–Trinajstić information content (AvgIpc) is 3.02. The monoisotopic (exact) mass is 272 g/mol. The third-order valence-electron chi connectivity index (χ3n) is 4.00. The van der Waals surface area contributed by atoms with E-state index >= 15 is 0 Å². The van der Waals surface area contributed by atoms with Crippen LogP contribution in [0.5, 0.6) is 0 Å². The lowest BCUT2D eigenvalue weighted by Crippen LogP contribution is -2.34. The molecule has 106 valence electrons. The minimum Gasteiger partial charge on any atom is -0.341 e. The smallest absolute Gasteiger partial charge is 0.225 e. The molecule has 0 saturated carbocycles. The molecular weight excluding hydrogens is 252 g/mol. The molecule has 2 aromatic heterocycles. The molecule has 0 spiro atoms. The molecule has 1 saturated heterocycles. The summed E-state index contributed by atoms with van der Waals surface area (Å²) in [5.74, 6) is 2.34. The van der Waals surface area contributed by atoms with Gasteiger partial charge in [-0.15, -0.1) is 0 Å². The molecule has 2 aromatic rings. The second-order valence-corrected chi connectivity index (χ2v) is 5.29. The van der Waals surface area contributed by atoms with Gasteiger partial charge in [-0.3, -0.25) is 5.10 Å². The van der Waals surface area contributed by atoms with E-state index in [-0.39, 0.29) is 0 Å². The lowest BCUT2D eigenvalue weighted by Gasteiger charge is -2.31. The summed E-state index contributed by atoms with van der Waals surface area (Å²) in [6, 6.07) is 0. The van der Waals surface area contributed by atoms with Crippen LogP contribution < -0.4 is 4.90 Å².